The van der Waals surface area contributed by atoms with Crippen LogP contribution in [0.25, 0.3) is 0 Å². The van der Waals surface area contributed by atoms with Gasteiger partial charge in [-0.25, -0.2) is 0 Å². The summed E-state index contributed by atoms with van der Waals surface area (Å²) in [6.07, 6.45) is 11.9. The molecule has 72 valence electrons. The van der Waals surface area contributed by atoms with Crippen molar-refractivity contribution in [1.29, 1.82) is 0 Å². The molecule has 0 spiro atoms. The van der Waals surface area contributed by atoms with Crippen LogP contribution in [0.4, 0.5) is 0 Å². The molecule has 0 aliphatic heterocycles. The van der Waals surface area contributed by atoms with E-state index in [4.69, 9.17) is 0 Å². The number of hydrogen-bond acceptors (Lipinski definition) is 0. The summed E-state index contributed by atoms with van der Waals surface area (Å²) >= 11 is 0. The molecule has 0 heterocycles. The van der Waals surface area contributed by atoms with Crippen molar-refractivity contribution >= 4 is 0 Å². The average Bonchev–Trinajstić information content (AvgIpc) is 2.89. The van der Waals surface area contributed by atoms with Gasteiger partial charge in [0.1, 0.15) is 0 Å². The van der Waals surface area contributed by atoms with Crippen molar-refractivity contribution in [2.75, 3.05) is 0 Å². The summed E-state index contributed by atoms with van der Waals surface area (Å²) in [6.45, 7) is 4.62. The van der Waals surface area contributed by atoms with Gasteiger partial charge in [0.2, 0.25) is 0 Å². The molecule has 0 aromatic heterocycles. The zero-order chi connectivity index (χ0) is 8.81. The SMILES string of the molecule is CC1CCCCC1.CCC1CC1. The van der Waals surface area contributed by atoms with Gasteiger partial charge < -0.3 is 0 Å². The van der Waals surface area contributed by atoms with Crippen LogP contribution in [0.2, 0.25) is 0 Å². The van der Waals surface area contributed by atoms with Gasteiger partial charge in [0, 0.05) is 0 Å². The lowest BCUT2D eigenvalue weighted by Crippen LogP contribution is -1.99. The minimum absolute atomic E-state index is 1.04. The fourth-order valence-corrected chi connectivity index (χ4v) is 1.83. The van der Waals surface area contributed by atoms with E-state index in [1.807, 2.05) is 0 Å². The molecule has 2 fully saturated rings. The first-order valence-corrected chi connectivity index (χ1v) is 5.83. The highest BCUT2D eigenvalue weighted by Crippen LogP contribution is 2.31. The van der Waals surface area contributed by atoms with Gasteiger partial charge in [-0.15, -0.1) is 0 Å². The fourth-order valence-electron chi connectivity index (χ4n) is 1.83. The monoisotopic (exact) mass is 168 g/mol. The molecule has 0 atom stereocenters. The first kappa shape index (κ1) is 10.1. The van der Waals surface area contributed by atoms with Crippen LogP contribution in [0.5, 0.6) is 0 Å². The molecule has 0 unspecified atom stereocenters. The molecule has 0 nitrogen and oxygen atoms in total. The van der Waals surface area contributed by atoms with Crippen molar-refractivity contribution in [3.63, 3.8) is 0 Å². The lowest BCUT2D eigenvalue weighted by atomic mass is 9.91. The predicted molar refractivity (Wildman–Crippen MR) is 55.3 cm³/mol. The third-order valence-electron chi connectivity index (χ3n) is 3.17. The van der Waals surface area contributed by atoms with Gasteiger partial charge in [0.25, 0.3) is 0 Å². The molecule has 12 heavy (non-hydrogen) atoms. The molecule has 0 amide bonds. The predicted octanol–water partition coefficient (Wildman–Crippen LogP) is 4.39. The normalized spacial score (nSPS) is 24.5. The van der Waals surface area contributed by atoms with Gasteiger partial charge >= 0.3 is 0 Å². The van der Waals surface area contributed by atoms with Gasteiger partial charge in [-0.2, -0.15) is 0 Å². The molecule has 0 aromatic rings. The van der Waals surface area contributed by atoms with Gasteiger partial charge in [-0.1, -0.05) is 65.2 Å². The summed E-state index contributed by atoms with van der Waals surface area (Å²) < 4.78 is 0. The van der Waals surface area contributed by atoms with E-state index in [0.717, 1.165) is 11.8 Å². The van der Waals surface area contributed by atoms with E-state index in [-0.39, 0.29) is 0 Å². The maximum absolute atomic E-state index is 2.36. The summed E-state index contributed by atoms with van der Waals surface area (Å²) in [5.41, 5.74) is 0. The lowest BCUT2D eigenvalue weighted by molar-refractivity contribution is 0.385. The highest BCUT2D eigenvalue weighted by atomic mass is 14.2. The van der Waals surface area contributed by atoms with E-state index < -0.39 is 0 Å². The topological polar surface area (TPSA) is 0 Å². The molecular weight excluding hydrogens is 144 g/mol. The Labute approximate surface area is 77.7 Å². The first-order valence-electron chi connectivity index (χ1n) is 5.83. The summed E-state index contributed by atoms with van der Waals surface area (Å²) in [5.74, 6) is 2.17. The third kappa shape index (κ3) is 4.79. The summed E-state index contributed by atoms with van der Waals surface area (Å²) in [7, 11) is 0. The molecule has 2 aliphatic rings. The molecule has 0 heteroatoms. The molecule has 0 saturated heterocycles. The fraction of sp³-hybridized carbons (Fsp3) is 1.00. The largest absolute Gasteiger partial charge is 0.0651 e. The van der Waals surface area contributed by atoms with Crippen LogP contribution in [0.3, 0.4) is 0 Å². The maximum atomic E-state index is 2.36. The Morgan fingerprint density at radius 3 is 1.67 bits per heavy atom. The van der Waals surface area contributed by atoms with E-state index in [1.54, 1.807) is 0 Å². The van der Waals surface area contributed by atoms with Gasteiger partial charge in [-0.05, 0) is 11.8 Å². The second-order valence-corrected chi connectivity index (χ2v) is 4.59. The van der Waals surface area contributed by atoms with Crippen molar-refractivity contribution in [3.8, 4) is 0 Å². The van der Waals surface area contributed by atoms with Crippen LogP contribution in [-0.4, -0.2) is 0 Å². The Morgan fingerprint density at radius 1 is 0.917 bits per heavy atom. The van der Waals surface area contributed by atoms with Crippen LogP contribution < -0.4 is 0 Å². The zero-order valence-electron chi connectivity index (χ0n) is 8.81. The van der Waals surface area contributed by atoms with Crippen molar-refractivity contribution in [1.82, 2.24) is 0 Å². The van der Waals surface area contributed by atoms with Crippen molar-refractivity contribution in [2.45, 2.75) is 65.2 Å². The number of hydrogen-bond donors (Lipinski definition) is 0. The highest BCUT2D eigenvalue weighted by molar-refractivity contribution is 4.69. The molecule has 2 aliphatic carbocycles. The van der Waals surface area contributed by atoms with Crippen LogP contribution in [0.1, 0.15) is 65.2 Å². The van der Waals surface area contributed by atoms with Gasteiger partial charge in [0.05, 0.1) is 0 Å². The smallest absolute Gasteiger partial charge is 0.0417 e. The molecule has 0 bridgehead atoms. The van der Waals surface area contributed by atoms with Crippen LogP contribution in [0, 0.1) is 11.8 Å². The quantitative estimate of drug-likeness (QED) is 0.544. The van der Waals surface area contributed by atoms with E-state index in [1.165, 1.54) is 51.4 Å². The van der Waals surface area contributed by atoms with Crippen LogP contribution >= 0.6 is 0 Å². The summed E-state index contributed by atoms with van der Waals surface area (Å²) in [6, 6.07) is 0. The molecule has 2 rings (SSSR count). The first-order chi connectivity index (χ1) is 5.83. The Morgan fingerprint density at radius 2 is 1.50 bits per heavy atom. The molecule has 0 radical (unpaired) electrons. The molecular formula is C12H24. The third-order valence-corrected chi connectivity index (χ3v) is 3.17. The Kier molecular flexibility index (Phi) is 4.72. The maximum Gasteiger partial charge on any atom is -0.0417 e. The van der Waals surface area contributed by atoms with E-state index in [9.17, 15) is 0 Å². The Bertz CT molecular complexity index is 96.6. The Hall–Kier alpha value is 0. The molecule has 2 saturated carbocycles. The minimum atomic E-state index is 1.04. The minimum Gasteiger partial charge on any atom is -0.0651 e. The van der Waals surface area contributed by atoms with Crippen LogP contribution in [0.15, 0.2) is 0 Å². The average molecular weight is 168 g/mol. The highest BCUT2D eigenvalue weighted by Gasteiger charge is 2.17. The van der Waals surface area contributed by atoms with Crippen LogP contribution in [-0.2, 0) is 0 Å². The summed E-state index contributed by atoms with van der Waals surface area (Å²) in [4.78, 5) is 0. The standard InChI is InChI=1S/C7H14.C5H10/c1-7-5-3-2-4-6-7;1-2-5-3-4-5/h7H,2-6H2,1H3;5H,2-4H2,1H3. The molecule has 0 aromatic carbocycles. The van der Waals surface area contributed by atoms with Crippen molar-refractivity contribution in [2.24, 2.45) is 11.8 Å². The van der Waals surface area contributed by atoms with Crippen molar-refractivity contribution < 1.29 is 0 Å². The Balaban J connectivity index is 0.000000127. The van der Waals surface area contributed by atoms with Gasteiger partial charge in [-0.3, -0.25) is 0 Å². The van der Waals surface area contributed by atoms with E-state index in [0.29, 0.717) is 0 Å². The summed E-state index contributed by atoms with van der Waals surface area (Å²) in [5, 5.41) is 0. The van der Waals surface area contributed by atoms with Crippen molar-refractivity contribution in [3.05, 3.63) is 0 Å². The second kappa shape index (κ2) is 5.61. The zero-order valence-corrected chi connectivity index (χ0v) is 8.81. The van der Waals surface area contributed by atoms with E-state index in [2.05, 4.69) is 13.8 Å². The second-order valence-electron chi connectivity index (χ2n) is 4.59. The number of rotatable bonds is 1. The van der Waals surface area contributed by atoms with E-state index >= 15 is 0 Å². The lowest BCUT2D eigenvalue weighted by Gasteiger charge is -2.15. The van der Waals surface area contributed by atoms with Gasteiger partial charge in [0.15, 0.2) is 0 Å². The molecule has 0 N–H and O–H groups in total.